The van der Waals surface area contributed by atoms with E-state index in [2.05, 4.69) is 16.3 Å². The van der Waals surface area contributed by atoms with Crippen LogP contribution < -0.4 is 4.90 Å². The zero-order chi connectivity index (χ0) is 20.8. The summed E-state index contributed by atoms with van der Waals surface area (Å²) in [7, 11) is 1.85. The number of nitrogens with zero attached hydrogens (tertiary/aromatic N) is 5. The molecule has 1 unspecified atom stereocenters. The maximum atomic E-state index is 13.1. The summed E-state index contributed by atoms with van der Waals surface area (Å²) in [5.41, 5.74) is 1.56. The monoisotopic (exact) mass is 425 g/mol. The fourth-order valence-corrected chi connectivity index (χ4v) is 3.96. The zero-order valence-electron chi connectivity index (χ0n) is 16.1. The molecule has 0 aliphatic carbocycles. The Morgan fingerprint density at radius 2 is 1.90 bits per heavy atom. The van der Waals surface area contributed by atoms with E-state index in [4.69, 9.17) is 16.9 Å². The van der Waals surface area contributed by atoms with Crippen molar-refractivity contribution in [3.8, 4) is 17.5 Å². The lowest BCUT2D eigenvalue weighted by Gasteiger charge is -2.24. The second kappa shape index (κ2) is 9.59. The Hall–Kier alpha value is -2.82. The van der Waals surface area contributed by atoms with Gasteiger partial charge in [0.05, 0.1) is 22.8 Å². The number of amides is 1. The van der Waals surface area contributed by atoms with Crippen LogP contribution >= 0.6 is 23.4 Å². The number of para-hydroxylation sites is 1. The summed E-state index contributed by atoms with van der Waals surface area (Å²) >= 11 is 7.61. The van der Waals surface area contributed by atoms with Gasteiger partial charge in [-0.05, 0) is 31.2 Å². The maximum absolute atomic E-state index is 13.1. The molecule has 0 spiro atoms. The van der Waals surface area contributed by atoms with E-state index in [9.17, 15) is 4.79 Å². The van der Waals surface area contributed by atoms with Crippen molar-refractivity contribution in [2.45, 2.75) is 23.8 Å². The normalized spacial score (nSPS) is 11.7. The minimum absolute atomic E-state index is 0.0845. The first kappa shape index (κ1) is 20.9. The van der Waals surface area contributed by atoms with Gasteiger partial charge < -0.3 is 9.47 Å². The van der Waals surface area contributed by atoms with E-state index in [1.165, 1.54) is 11.8 Å². The molecule has 1 amide bonds. The molecular formula is C21H20ClN5OS. The fraction of sp³-hybridized carbons (Fsp3) is 0.238. The highest BCUT2D eigenvalue weighted by Crippen LogP contribution is 2.30. The Balaban J connectivity index is 1.80. The van der Waals surface area contributed by atoms with Gasteiger partial charge in [-0.1, -0.05) is 53.7 Å². The molecule has 0 saturated heterocycles. The predicted molar refractivity (Wildman–Crippen MR) is 116 cm³/mol. The predicted octanol–water partition coefficient (Wildman–Crippen LogP) is 4.56. The van der Waals surface area contributed by atoms with Crippen molar-refractivity contribution >= 4 is 35.0 Å². The third-order valence-electron chi connectivity index (χ3n) is 4.36. The summed E-state index contributed by atoms with van der Waals surface area (Å²) in [4.78, 5) is 14.8. The molecule has 0 fully saturated rings. The average Bonchev–Trinajstić information content (AvgIpc) is 3.09. The highest BCUT2D eigenvalue weighted by Gasteiger charge is 2.25. The van der Waals surface area contributed by atoms with Gasteiger partial charge in [0.2, 0.25) is 5.91 Å². The number of hydrogen-bond acceptors (Lipinski definition) is 5. The van der Waals surface area contributed by atoms with Crippen LogP contribution in [0.4, 0.5) is 5.69 Å². The Labute approximate surface area is 179 Å². The highest BCUT2D eigenvalue weighted by molar-refractivity contribution is 8.00. The second-order valence-corrected chi connectivity index (χ2v) is 8.05. The number of benzene rings is 2. The Morgan fingerprint density at radius 1 is 1.21 bits per heavy atom. The topological polar surface area (TPSA) is 74.8 Å². The molecular weight excluding hydrogens is 406 g/mol. The van der Waals surface area contributed by atoms with Gasteiger partial charge in [0.15, 0.2) is 11.0 Å². The molecule has 0 N–H and O–H groups in total. The molecule has 1 atom stereocenters. The van der Waals surface area contributed by atoms with E-state index in [0.29, 0.717) is 22.5 Å². The van der Waals surface area contributed by atoms with Gasteiger partial charge in [0.1, 0.15) is 0 Å². The smallest absolute Gasteiger partial charge is 0.240 e. The molecule has 29 heavy (non-hydrogen) atoms. The highest BCUT2D eigenvalue weighted by atomic mass is 35.5. The first-order chi connectivity index (χ1) is 14.0. The molecule has 0 saturated carbocycles. The van der Waals surface area contributed by atoms with Crippen LogP contribution in [0.1, 0.15) is 13.3 Å². The number of rotatable bonds is 7. The quantitative estimate of drug-likeness (QED) is 0.518. The summed E-state index contributed by atoms with van der Waals surface area (Å²) in [6.45, 7) is 2.17. The molecule has 6 nitrogen and oxygen atoms in total. The van der Waals surface area contributed by atoms with Crippen LogP contribution in [0.15, 0.2) is 59.8 Å². The standard InChI is InChI=1S/C21H20ClN5OS/c1-15(20(28)27(14-8-13-23)16-9-4-3-5-10-16)29-21-25-24-19(26(21)2)17-11-6-7-12-18(17)22/h3-7,9-12,15H,8,14H2,1-2H3. The summed E-state index contributed by atoms with van der Waals surface area (Å²) in [5.74, 6) is 0.556. The summed E-state index contributed by atoms with van der Waals surface area (Å²) in [5, 5.41) is 18.3. The molecule has 0 aliphatic rings. The lowest BCUT2D eigenvalue weighted by Crippen LogP contribution is -2.37. The van der Waals surface area contributed by atoms with E-state index >= 15 is 0 Å². The number of hydrogen-bond donors (Lipinski definition) is 0. The fourth-order valence-electron chi connectivity index (χ4n) is 2.86. The van der Waals surface area contributed by atoms with Crippen LogP contribution in [-0.2, 0) is 11.8 Å². The first-order valence-corrected chi connectivity index (χ1v) is 10.3. The minimum Gasteiger partial charge on any atom is -0.310 e. The number of thioether (sulfide) groups is 1. The van der Waals surface area contributed by atoms with Crippen LogP contribution in [0.2, 0.25) is 5.02 Å². The van der Waals surface area contributed by atoms with Crippen LogP contribution in [0.25, 0.3) is 11.4 Å². The van der Waals surface area contributed by atoms with E-state index < -0.39 is 5.25 Å². The third kappa shape index (κ3) is 4.78. The number of carbonyl (C=O) groups is 1. The van der Waals surface area contributed by atoms with Gasteiger partial charge in [-0.25, -0.2) is 0 Å². The Kier molecular flexibility index (Phi) is 6.91. The molecule has 3 aromatic rings. The third-order valence-corrected chi connectivity index (χ3v) is 5.81. The van der Waals surface area contributed by atoms with Crippen molar-refractivity contribution in [2.75, 3.05) is 11.4 Å². The molecule has 0 aliphatic heterocycles. The minimum atomic E-state index is -0.407. The number of halogens is 1. The van der Waals surface area contributed by atoms with E-state index in [-0.39, 0.29) is 12.3 Å². The van der Waals surface area contributed by atoms with E-state index in [0.717, 1.165) is 11.3 Å². The molecule has 0 bridgehead atoms. The van der Waals surface area contributed by atoms with E-state index in [1.54, 1.807) is 11.0 Å². The van der Waals surface area contributed by atoms with Gasteiger partial charge >= 0.3 is 0 Å². The molecule has 3 rings (SSSR count). The maximum Gasteiger partial charge on any atom is 0.240 e. The van der Waals surface area contributed by atoms with Crippen molar-refractivity contribution in [3.63, 3.8) is 0 Å². The van der Waals surface area contributed by atoms with Crippen LogP contribution in [0, 0.1) is 11.3 Å². The van der Waals surface area contributed by atoms with Crippen molar-refractivity contribution in [1.82, 2.24) is 14.8 Å². The molecule has 0 radical (unpaired) electrons. The Bertz CT molecular complexity index is 1030. The van der Waals surface area contributed by atoms with Gasteiger partial charge in [0.25, 0.3) is 0 Å². The summed E-state index contributed by atoms with van der Waals surface area (Å²) in [6.07, 6.45) is 0.263. The van der Waals surface area contributed by atoms with Gasteiger partial charge in [-0.3, -0.25) is 4.79 Å². The Morgan fingerprint density at radius 3 is 2.59 bits per heavy atom. The van der Waals surface area contributed by atoms with E-state index in [1.807, 2.05) is 67.1 Å². The van der Waals surface area contributed by atoms with Crippen molar-refractivity contribution in [2.24, 2.45) is 7.05 Å². The SMILES string of the molecule is CC(Sc1nnc(-c2ccccc2Cl)n1C)C(=O)N(CCC#N)c1ccccc1. The van der Waals surface area contributed by atoms with Crippen LogP contribution in [0.3, 0.4) is 0 Å². The molecule has 1 aromatic heterocycles. The largest absolute Gasteiger partial charge is 0.310 e. The van der Waals surface area contributed by atoms with Gasteiger partial charge in [-0.2, -0.15) is 5.26 Å². The average molecular weight is 426 g/mol. The summed E-state index contributed by atoms with van der Waals surface area (Å²) < 4.78 is 1.83. The number of aromatic nitrogens is 3. The first-order valence-electron chi connectivity index (χ1n) is 9.07. The number of anilines is 1. The van der Waals surface area contributed by atoms with Crippen molar-refractivity contribution < 1.29 is 4.79 Å². The van der Waals surface area contributed by atoms with Crippen molar-refractivity contribution in [3.05, 3.63) is 59.6 Å². The van der Waals surface area contributed by atoms with Crippen LogP contribution in [0.5, 0.6) is 0 Å². The molecule has 148 valence electrons. The molecule has 8 heteroatoms. The van der Waals surface area contributed by atoms with Gasteiger partial charge in [0, 0.05) is 24.8 Å². The van der Waals surface area contributed by atoms with Gasteiger partial charge in [-0.15, -0.1) is 10.2 Å². The lowest BCUT2D eigenvalue weighted by atomic mass is 10.2. The number of nitriles is 1. The molecule has 2 aromatic carbocycles. The summed E-state index contributed by atoms with van der Waals surface area (Å²) in [6, 6.07) is 18.9. The second-order valence-electron chi connectivity index (χ2n) is 6.34. The van der Waals surface area contributed by atoms with Crippen molar-refractivity contribution in [1.29, 1.82) is 5.26 Å². The molecule has 1 heterocycles. The zero-order valence-corrected chi connectivity index (χ0v) is 17.7. The number of carbonyl (C=O) groups excluding carboxylic acids is 1. The van der Waals surface area contributed by atoms with Crippen LogP contribution in [-0.4, -0.2) is 32.5 Å². The lowest BCUT2D eigenvalue weighted by molar-refractivity contribution is -0.117.